The Kier molecular flexibility index (Phi) is 3.65. The molecule has 3 rings (SSSR count). The van der Waals surface area contributed by atoms with Crippen molar-refractivity contribution in [2.45, 2.75) is 25.4 Å². The molecule has 0 saturated carbocycles. The lowest BCUT2D eigenvalue weighted by molar-refractivity contribution is 0.624. The number of hydrogen-bond donors (Lipinski definition) is 2. The molecule has 0 amide bonds. The van der Waals surface area contributed by atoms with Gasteiger partial charge >= 0.3 is 0 Å². The van der Waals surface area contributed by atoms with Crippen molar-refractivity contribution in [2.75, 3.05) is 11.9 Å². The molecule has 3 heterocycles. The van der Waals surface area contributed by atoms with Gasteiger partial charge in [-0.3, -0.25) is 9.97 Å². The Hall–Kier alpha value is -2.01. The molecule has 2 N–H and O–H groups in total. The SMILES string of the molecule is c1cncc(CNc2cnc(C3CCCN3)cn2)c1. The normalized spacial score (nSPS) is 18.4. The van der Waals surface area contributed by atoms with Gasteiger partial charge in [0.1, 0.15) is 5.82 Å². The number of nitrogens with one attached hydrogen (secondary N) is 2. The maximum Gasteiger partial charge on any atom is 0.144 e. The van der Waals surface area contributed by atoms with E-state index < -0.39 is 0 Å². The average Bonchev–Trinajstić information content (AvgIpc) is 3.01. The van der Waals surface area contributed by atoms with Crippen molar-refractivity contribution in [1.82, 2.24) is 20.3 Å². The number of hydrogen-bond acceptors (Lipinski definition) is 5. The van der Waals surface area contributed by atoms with Crippen LogP contribution in [0.4, 0.5) is 5.82 Å². The minimum atomic E-state index is 0.375. The van der Waals surface area contributed by atoms with Gasteiger partial charge in [0.05, 0.1) is 24.1 Å². The Balaban J connectivity index is 1.60. The first kappa shape index (κ1) is 12.0. The molecule has 5 nitrogen and oxygen atoms in total. The molecule has 0 bridgehead atoms. The zero-order valence-corrected chi connectivity index (χ0v) is 10.7. The molecular weight excluding hydrogens is 238 g/mol. The summed E-state index contributed by atoms with van der Waals surface area (Å²) in [6, 6.07) is 4.34. The van der Waals surface area contributed by atoms with Crippen LogP contribution in [0.15, 0.2) is 36.9 Å². The van der Waals surface area contributed by atoms with E-state index in [9.17, 15) is 0 Å². The van der Waals surface area contributed by atoms with Gasteiger partial charge in [-0.25, -0.2) is 4.98 Å². The van der Waals surface area contributed by atoms with Gasteiger partial charge in [0, 0.05) is 18.9 Å². The summed E-state index contributed by atoms with van der Waals surface area (Å²) in [7, 11) is 0. The molecule has 1 fully saturated rings. The standard InChI is InChI=1S/C14H17N5/c1-3-11(7-15-5-1)8-18-14-10-17-13(9-19-14)12-4-2-6-16-12/h1,3,5,7,9-10,12,16H,2,4,6,8H2,(H,18,19). The van der Waals surface area contributed by atoms with Crippen LogP contribution in [-0.2, 0) is 6.54 Å². The van der Waals surface area contributed by atoms with E-state index in [1.54, 1.807) is 12.4 Å². The summed E-state index contributed by atoms with van der Waals surface area (Å²) < 4.78 is 0. The number of nitrogens with zero attached hydrogens (tertiary/aromatic N) is 3. The van der Waals surface area contributed by atoms with E-state index in [2.05, 4.69) is 25.6 Å². The van der Waals surface area contributed by atoms with E-state index in [1.807, 2.05) is 24.5 Å². The number of anilines is 1. The Morgan fingerprint density at radius 2 is 2.26 bits per heavy atom. The van der Waals surface area contributed by atoms with Gasteiger partial charge in [0.2, 0.25) is 0 Å². The Bertz CT molecular complexity index is 505. The van der Waals surface area contributed by atoms with Gasteiger partial charge in [-0.15, -0.1) is 0 Å². The average molecular weight is 255 g/mol. The molecule has 0 aliphatic carbocycles. The van der Waals surface area contributed by atoms with Crippen molar-refractivity contribution < 1.29 is 0 Å². The lowest BCUT2D eigenvalue weighted by Gasteiger charge is -2.10. The highest BCUT2D eigenvalue weighted by molar-refractivity contribution is 5.32. The highest BCUT2D eigenvalue weighted by Gasteiger charge is 2.17. The van der Waals surface area contributed by atoms with Crippen molar-refractivity contribution >= 4 is 5.82 Å². The first-order valence-electron chi connectivity index (χ1n) is 6.60. The van der Waals surface area contributed by atoms with Crippen molar-refractivity contribution in [3.8, 4) is 0 Å². The molecular formula is C14H17N5. The first-order valence-corrected chi connectivity index (χ1v) is 6.60. The Labute approximate surface area is 112 Å². The monoisotopic (exact) mass is 255 g/mol. The predicted octanol–water partition coefficient (Wildman–Crippen LogP) is 1.91. The number of aromatic nitrogens is 3. The maximum absolute atomic E-state index is 4.47. The van der Waals surface area contributed by atoms with Crippen LogP contribution < -0.4 is 10.6 Å². The van der Waals surface area contributed by atoms with Gasteiger partial charge in [0.15, 0.2) is 0 Å². The van der Waals surface area contributed by atoms with Crippen molar-refractivity contribution in [3.63, 3.8) is 0 Å². The quantitative estimate of drug-likeness (QED) is 0.873. The Morgan fingerprint density at radius 1 is 1.26 bits per heavy atom. The molecule has 98 valence electrons. The minimum absolute atomic E-state index is 0.375. The fourth-order valence-corrected chi connectivity index (χ4v) is 2.24. The van der Waals surface area contributed by atoms with E-state index in [1.165, 1.54) is 6.42 Å². The van der Waals surface area contributed by atoms with E-state index in [0.717, 1.165) is 30.0 Å². The van der Waals surface area contributed by atoms with Gasteiger partial charge in [-0.05, 0) is 31.0 Å². The van der Waals surface area contributed by atoms with E-state index >= 15 is 0 Å². The molecule has 0 radical (unpaired) electrons. The van der Waals surface area contributed by atoms with E-state index in [0.29, 0.717) is 12.6 Å². The molecule has 0 aromatic carbocycles. The van der Waals surface area contributed by atoms with E-state index in [-0.39, 0.29) is 0 Å². The second-order valence-corrected chi connectivity index (χ2v) is 4.69. The van der Waals surface area contributed by atoms with Crippen LogP contribution in [-0.4, -0.2) is 21.5 Å². The smallest absolute Gasteiger partial charge is 0.144 e. The topological polar surface area (TPSA) is 62.7 Å². The van der Waals surface area contributed by atoms with Crippen LogP contribution >= 0.6 is 0 Å². The molecule has 2 aromatic rings. The molecule has 5 heteroatoms. The number of rotatable bonds is 4. The van der Waals surface area contributed by atoms with Gasteiger partial charge < -0.3 is 10.6 Å². The van der Waals surface area contributed by atoms with Gasteiger partial charge in [-0.1, -0.05) is 6.07 Å². The van der Waals surface area contributed by atoms with Crippen LogP contribution in [0.2, 0.25) is 0 Å². The highest BCUT2D eigenvalue weighted by Crippen LogP contribution is 2.20. The summed E-state index contributed by atoms with van der Waals surface area (Å²) in [6.45, 7) is 1.79. The van der Waals surface area contributed by atoms with Crippen LogP contribution in [0.5, 0.6) is 0 Å². The van der Waals surface area contributed by atoms with Crippen LogP contribution in [0.25, 0.3) is 0 Å². The fraction of sp³-hybridized carbons (Fsp3) is 0.357. The van der Waals surface area contributed by atoms with Crippen LogP contribution in [0.3, 0.4) is 0 Å². The maximum atomic E-state index is 4.47. The first-order chi connectivity index (χ1) is 9.42. The number of pyridine rings is 1. The molecule has 2 aromatic heterocycles. The lowest BCUT2D eigenvalue weighted by Crippen LogP contribution is -2.14. The summed E-state index contributed by atoms with van der Waals surface area (Å²) in [4.78, 5) is 13.0. The van der Waals surface area contributed by atoms with Gasteiger partial charge in [-0.2, -0.15) is 0 Å². The zero-order chi connectivity index (χ0) is 12.9. The molecule has 1 saturated heterocycles. The molecule has 1 aliphatic rings. The van der Waals surface area contributed by atoms with E-state index in [4.69, 9.17) is 0 Å². The lowest BCUT2D eigenvalue weighted by atomic mass is 10.2. The highest BCUT2D eigenvalue weighted by atomic mass is 15.0. The summed E-state index contributed by atoms with van der Waals surface area (Å²) in [5, 5.41) is 6.66. The van der Waals surface area contributed by atoms with Crippen molar-refractivity contribution in [1.29, 1.82) is 0 Å². The zero-order valence-electron chi connectivity index (χ0n) is 10.7. The molecule has 1 unspecified atom stereocenters. The third-order valence-corrected chi connectivity index (χ3v) is 3.29. The van der Waals surface area contributed by atoms with Crippen LogP contribution in [0, 0.1) is 0 Å². The molecule has 1 atom stereocenters. The second kappa shape index (κ2) is 5.75. The van der Waals surface area contributed by atoms with Crippen molar-refractivity contribution in [3.05, 3.63) is 48.2 Å². The summed E-state index contributed by atoms with van der Waals surface area (Å²) in [5.74, 6) is 0.797. The van der Waals surface area contributed by atoms with Crippen molar-refractivity contribution in [2.24, 2.45) is 0 Å². The summed E-state index contributed by atoms with van der Waals surface area (Å²) >= 11 is 0. The molecule has 19 heavy (non-hydrogen) atoms. The Morgan fingerprint density at radius 3 is 2.95 bits per heavy atom. The van der Waals surface area contributed by atoms with Crippen LogP contribution in [0.1, 0.15) is 30.1 Å². The van der Waals surface area contributed by atoms with Gasteiger partial charge in [0.25, 0.3) is 0 Å². The predicted molar refractivity (Wildman–Crippen MR) is 73.6 cm³/mol. The molecule has 1 aliphatic heterocycles. The third-order valence-electron chi connectivity index (χ3n) is 3.29. The fourth-order valence-electron chi connectivity index (χ4n) is 2.24. The summed E-state index contributed by atoms with van der Waals surface area (Å²) in [5.41, 5.74) is 2.16. The molecule has 0 spiro atoms. The summed E-state index contributed by atoms with van der Waals surface area (Å²) in [6.07, 6.45) is 9.63. The minimum Gasteiger partial charge on any atom is -0.365 e. The third kappa shape index (κ3) is 3.06. The largest absolute Gasteiger partial charge is 0.365 e. The second-order valence-electron chi connectivity index (χ2n) is 4.69.